The van der Waals surface area contributed by atoms with Crippen LogP contribution in [0, 0.1) is 11.3 Å². The number of aromatic nitrogens is 1. The predicted molar refractivity (Wildman–Crippen MR) is 101 cm³/mol. The van der Waals surface area contributed by atoms with E-state index in [1.165, 1.54) is 4.90 Å². The van der Waals surface area contributed by atoms with Crippen molar-refractivity contribution in [1.29, 1.82) is 5.41 Å². The van der Waals surface area contributed by atoms with Gasteiger partial charge in [-0.3, -0.25) is 20.1 Å². The van der Waals surface area contributed by atoms with E-state index in [-0.39, 0.29) is 11.8 Å². The van der Waals surface area contributed by atoms with E-state index in [1.807, 2.05) is 17.9 Å². The second-order valence-corrected chi connectivity index (χ2v) is 7.70. The third kappa shape index (κ3) is 2.26. The van der Waals surface area contributed by atoms with Gasteiger partial charge in [-0.2, -0.15) is 0 Å². The molecule has 1 unspecified atom stereocenters. The monoisotopic (exact) mass is 370 g/mol. The lowest BCUT2D eigenvalue weighted by atomic mass is 9.88. The SMILES string of the molecule is CCN1C(=N)N(C)C(=O)C1(c1cc(-c2cncc(OC)c2)cs1)C1CC1. The summed E-state index contributed by atoms with van der Waals surface area (Å²) in [7, 11) is 3.33. The number of nitrogens with one attached hydrogen (secondary N) is 1. The molecule has 4 rings (SSSR count). The molecule has 1 aliphatic carbocycles. The number of hydrogen-bond acceptors (Lipinski definition) is 5. The smallest absolute Gasteiger partial charge is 0.260 e. The maximum absolute atomic E-state index is 13.3. The lowest BCUT2D eigenvalue weighted by Gasteiger charge is -2.35. The van der Waals surface area contributed by atoms with E-state index in [9.17, 15) is 4.79 Å². The molecule has 136 valence electrons. The van der Waals surface area contributed by atoms with Crippen molar-refractivity contribution in [3.05, 3.63) is 34.8 Å². The van der Waals surface area contributed by atoms with Crippen molar-refractivity contribution >= 4 is 23.2 Å². The first-order valence-corrected chi connectivity index (χ1v) is 9.64. The molecule has 3 heterocycles. The first-order valence-electron chi connectivity index (χ1n) is 8.76. The van der Waals surface area contributed by atoms with Crippen molar-refractivity contribution in [3.63, 3.8) is 0 Å². The summed E-state index contributed by atoms with van der Waals surface area (Å²) in [4.78, 5) is 22.0. The average molecular weight is 370 g/mol. The van der Waals surface area contributed by atoms with Crippen molar-refractivity contribution in [3.8, 4) is 16.9 Å². The Bertz CT molecular complexity index is 876. The van der Waals surface area contributed by atoms with Gasteiger partial charge in [0.2, 0.25) is 5.96 Å². The number of pyridine rings is 1. The highest BCUT2D eigenvalue weighted by atomic mass is 32.1. The minimum atomic E-state index is -0.726. The van der Waals surface area contributed by atoms with E-state index < -0.39 is 5.54 Å². The second-order valence-electron chi connectivity index (χ2n) is 6.79. The van der Waals surface area contributed by atoms with Gasteiger partial charge in [-0.15, -0.1) is 11.3 Å². The normalized spacial score (nSPS) is 23.0. The number of methoxy groups -OCH3 is 1. The Morgan fingerprint density at radius 1 is 1.35 bits per heavy atom. The number of carbonyl (C=O) groups excluding carboxylic acids is 1. The molecule has 2 aromatic heterocycles. The van der Waals surface area contributed by atoms with Crippen molar-refractivity contribution in [2.45, 2.75) is 25.3 Å². The first kappa shape index (κ1) is 17.0. The van der Waals surface area contributed by atoms with Gasteiger partial charge in [0, 0.05) is 30.2 Å². The highest BCUT2D eigenvalue weighted by molar-refractivity contribution is 7.10. The number of amides is 1. The Morgan fingerprint density at radius 3 is 2.77 bits per heavy atom. The van der Waals surface area contributed by atoms with Gasteiger partial charge in [0.05, 0.1) is 13.3 Å². The zero-order valence-electron chi connectivity index (χ0n) is 15.2. The van der Waals surface area contributed by atoms with Crippen LogP contribution in [0.2, 0.25) is 0 Å². The third-order valence-electron chi connectivity index (χ3n) is 5.37. The maximum Gasteiger partial charge on any atom is 0.260 e. The van der Waals surface area contributed by atoms with E-state index in [0.717, 1.165) is 28.8 Å². The van der Waals surface area contributed by atoms with Crippen LogP contribution in [0.25, 0.3) is 11.1 Å². The van der Waals surface area contributed by atoms with Crippen LogP contribution in [0.3, 0.4) is 0 Å². The molecule has 0 aromatic carbocycles. The van der Waals surface area contributed by atoms with Crippen LogP contribution in [0.5, 0.6) is 5.75 Å². The van der Waals surface area contributed by atoms with Crippen molar-refractivity contribution in [2.24, 2.45) is 5.92 Å². The lowest BCUT2D eigenvalue weighted by Crippen LogP contribution is -2.48. The highest BCUT2D eigenvalue weighted by Gasteiger charge is 2.63. The summed E-state index contributed by atoms with van der Waals surface area (Å²) in [5, 5.41) is 10.5. The Balaban J connectivity index is 1.81. The van der Waals surface area contributed by atoms with Crippen molar-refractivity contribution in [1.82, 2.24) is 14.8 Å². The number of ether oxygens (including phenoxy) is 1. The summed E-state index contributed by atoms with van der Waals surface area (Å²) in [6.07, 6.45) is 5.53. The Morgan fingerprint density at radius 2 is 2.12 bits per heavy atom. The molecule has 0 bridgehead atoms. The number of hydrogen-bond donors (Lipinski definition) is 1. The topological polar surface area (TPSA) is 69.5 Å². The van der Waals surface area contributed by atoms with Crippen LogP contribution in [0.15, 0.2) is 29.9 Å². The molecule has 2 fully saturated rings. The van der Waals surface area contributed by atoms with Crippen LogP contribution in [0.1, 0.15) is 24.6 Å². The Kier molecular flexibility index (Phi) is 3.99. The quantitative estimate of drug-likeness (QED) is 0.878. The molecule has 2 aliphatic rings. The zero-order chi connectivity index (χ0) is 18.5. The minimum absolute atomic E-state index is 0.0176. The number of rotatable bonds is 5. The summed E-state index contributed by atoms with van der Waals surface area (Å²) >= 11 is 1.59. The van der Waals surface area contributed by atoms with Gasteiger partial charge in [0.25, 0.3) is 5.91 Å². The van der Waals surface area contributed by atoms with Crippen LogP contribution in [-0.2, 0) is 10.3 Å². The predicted octanol–water partition coefficient (Wildman–Crippen LogP) is 3.15. The van der Waals surface area contributed by atoms with E-state index in [0.29, 0.717) is 18.3 Å². The van der Waals surface area contributed by atoms with E-state index in [1.54, 1.807) is 37.9 Å². The average Bonchev–Trinajstić information content (AvgIpc) is 3.36. The molecule has 1 atom stereocenters. The van der Waals surface area contributed by atoms with Crippen molar-refractivity contribution < 1.29 is 9.53 Å². The summed E-state index contributed by atoms with van der Waals surface area (Å²) in [6.45, 7) is 2.65. The molecule has 0 radical (unpaired) electrons. The van der Waals surface area contributed by atoms with Gasteiger partial charge in [0.1, 0.15) is 5.75 Å². The molecule has 2 aromatic rings. The summed E-state index contributed by atoms with van der Waals surface area (Å²) in [5.74, 6) is 1.29. The van der Waals surface area contributed by atoms with Crippen LogP contribution < -0.4 is 4.74 Å². The molecular formula is C19H22N4O2S. The number of likely N-dealkylation sites (N-methyl/N-ethyl adjacent to an activating group) is 2. The van der Waals surface area contributed by atoms with Crippen LogP contribution in [-0.4, -0.2) is 47.4 Å². The zero-order valence-corrected chi connectivity index (χ0v) is 16.0. The van der Waals surface area contributed by atoms with E-state index in [2.05, 4.69) is 16.4 Å². The fraction of sp³-hybridized carbons (Fsp3) is 0.421. The first-order chi connectivity index (χ1) is 12.5. The van der Waals surface area contributed by atoms with Gasteiger partial charge in [-0.25, -0.2) is 0 Å². The largest absolute Gasteiger partial charge is 0.495 e. The second kappa shape index (κ2) is 6.09. The summed E-state index contributed by atoms with van der Waals surface area (Å²) in [5.41, 5.74) is 1.27. The molecule has 26 heavy (non-hydrogen) atoms. The maximum atomic E-state index is 13.3. The minimum Gasteiger partial charge on any atom is -0.495 e. The Hall–Kier alpha value is -2.41. The third-order valence-corrected chi connectivity index (χ3v) is 6.43. The number of thiophene rings is 1. The molecule has 1 aliphatic heterocycles. The molecule has 1 N–H and O–H groups in total. The standard InChI is InChI=1S/C19H22N4O2S/c1-4-23-18(20)22(2)17(24)19(23,14-5-6-14)16-8-13(11-26-16)12-7-15(25-3)10-21-9-12/h7-11,14,20H,4-6H2,1-3H3. The molecular weight excluding hydrogens is 348 g/mol. The number of carbonyl (C=O) groups is 1. The molecule has 1 amide bonds. The lowest BCUT2D eigenvalue weighted by molar-refractivity contribution is -0.133. The van der Waals surface area contributed by atoms with Crippen molar-refractivity contribution in [2.75, 3.05) is 20.7 Å². The fourth-order valence-corrected chi connectivity index (χ4v) is 5.12. The summed E-state index contributed by atoms with van der Waals surface area (Å²) in [6, 6.07) is 4.04. The fourth-order valence-electron chi connectivity index (χ4n) is 3.93. The van der Waals surface area contributed by atoms with Gasteiger partial charge < -0.3 is 9.64 Å². The Labute approximate surface area is 156 Å². The van der Waals surface area contributed by atoms with Crippen LogP contribution in [0.4, 0.5) is 0 Å². The van der Waals surface area contributed by atoms with Crippen LogP contribution >= 0.6 is 11.3 Å². The van der Waals surface area contributed by atoms with Gasteiger partial charge in [-0.05, 0) is 48.8 Å². The molecule has 1 saturated heterocycles. The van der Waals surface area contributed by atoms with Gasteiger partial charge >= 0.3 is 0 Å². The number of nitrogens with zero attached hydrogens (tertiary/aromatic N) is 3. The summed E-state index contributed by atoms with van der Waals surface area (Å²) < 4.78 is 5.27. The van der Waals surface area contributed by atoms with E-state index >= 15 is 0 Å². The molecule has 6 nitrogen and oxygen atoms in total. The molecule has 0 spiro atoms. The van der Waals surface area contributed by atoms with Gasteiger partial charge in [0.15, 0.2) is 5.54 Å². The van der Waals surface area contributed by atoms with Gasteiger partial charge in [-0.1, -0.05) is 0 Å². The molecule has 1 saturated carbocycles. The van der Waals surface area contributed by atoms with E-state index in [4.69, 9.17) is 10.1 Å². The number of guanidine groups is 1. The molecule has 7 heteroatoms. The highest BCUT2D eigenvalue weighted by Crippen LogP contribution is 2.55.